The molecule has 27 heavy (non-hydrogen) atoms. The zero-order valence-corrected chi connectivity index (χ0v) is 14.8. The SMILES string of the molecule is O=C(NCCC[C@H](NC(=O)c1ccccc1)C(=O)O)OCc1ccccc1. The summed E-state index contributed by atoms with van der Waals surface area (Å²) in [6.45, 7) is 0.413. The first kappa shape index (κ1) is 20.0. The average molecular weight is 370 g/mol. The molecule has 0 aliphatic carbocycles. The topological polar surface area (TPSA) is 105 Å². The highest BCUT2D eigenvalue weighted by Gasteiger charge is 2.20. The van der Waals surface area contributed by atoms with Crippen molar-refractivity contribution >= 4 is 18.0 Å². The van der Waals surface area contributed by atoms with E-state index in [2.05, 4.69) is 10.6 Å². The van der Waals surface area contributed by atoms with Crippen LogP contribution >= 0.6 is 0 Å². The number of hydrogen-bond donors (Lipinski definition) is 3. The molecule has 0 saturated heterocycles. The Morgan fingerprint density at radius 2 is 1.59 bits per heavy atom. The van der Waals surface area contributed by atoms with E-state index in [0.717, 1.165) is 5.56 Å². The van der Waals surface area contributed by atoms with E-state index in [1.54, 1.807) is 30.3 Å². The molecule has 0 fully saturated rings. The summed E-state index contributed by atoms with van der Waals surface area (Å²) in [4.78, 5) is 35.0. The maximum atomic E-state index is 12.1. The van der Waals surface area contributed by atoms with E-state index >= 15 is 0 Å². The Hall–Kier alpha value is -3.35. The molecule has 2 aromatic carbocycles. The first-order valence-corrected chi connectivity index (χ1v) is 8.59. The Balaban J connectivity index is 1.69. The van der Waals surface area contributed by atoms with Gasteiger partial charge < -0.3 is 20.5 Å². The zero-order valence-electron chi connectivity index (χ0n) is 14.8. The number of hydrogen-bond acceptors (Lipinski definition) is 4. The molecule has 7 heteroatoms. The van der Waals surface area contributed by atoms with E-state index < -0.39 is 24.0 Å². The lowest BCUT2D eigenvalue weighted by Gasteiger charge is -2.14. The van der Waals surface area contributed by atoms with E-state index in [0.29, 0.717) is 12.0 Å². The Kier molecular flexibility index (Phi) is 7.84. The van der Waals surface area contributed by atoms with Gasteiger partial charge in [-0.3, -0.25) is 4.79 Å². The van der Waals surface area contributed by atoms with E-state index in [-0.39, 0.29) is 19.6 Å². The number of carbonyl (C=O) groups excluding carboxylic acids is 2. The monoisotopic (exact) mass is 370 g/mol. The van der Waals surface area contributed by atoms with E-state index in [4.69, 9.17) is 4.74 Å². The van der Waals surface area contributed by atoms with Crippen LogP contribution in [0.1, 0.15) is 28.8 Å². The maximum absolute atomic E-state index is 12.1. The van der Waals surface area contributed by atoms with Gasteiger partial charge in [-0.25, -0.2) is 9.59 Å². The molecule has 0 bridgehead atoms. The Bertz CT molecular complexity index is 749. The van der Waals surface area contributed by atoms with Gasteiger partial charge >= 0.3 is 12.1 Å². The summed E-state index contributed by atoms with van der Waals surface area (Å²) in [5.41, 5.74) is 1.27. The van der Waals surface area contributed by atoms with Crippen LogP contribution in [-0.4, -0.2) is 35.7 Å². The molecule has 2 rings (SSSR count). The summed E-state index contributed by atoms with van der Waals surface area (Å²) in [7, 11) is 0. The number of carbonyl (C=O) groups is 3. The molecule has 2 aromatic rings. The number of amides is 2. The summed E-state index contributed by atoms with van der Waals surface area (Å²) in [6.07, 6.45) is -0.00153. The van der Waals surface area contributed by atoms with Crippen LogP contribution in [0.5, 0.6) is 0 Å². The third-order valence-corrected chi connectivity index (χ3v) is 3.79. The van der Waals surface area contributed by atoms with Gasteiger partial charge in [-0.2, -0.15) is 0 Å². The van der Waals surface area contributed by atoms with Gasteiger partial charge in [0.05, 0.1) is 0 Å². The quantitative estimate of drug-likeness (QED) is 0.589. The van der Waals surface area contributed by atoms with Gasteiger partial charge in [0.2, 0.25) is 0 Å². The standard InChI is InChI=1S/C20H22N2O5/c23-18(16-10-5-2-6-11-16)22-17(19(24)25)12-7-13-21-20(26)27-14-15-8-3-1-4-9-15/h1-6,8-11,17H,7,12-14H2,(H,21,26)(H,22,23)(H,24,25)/t17-/m0/s1. The van der Waals surface area contributed by atoms with Gasteiger partial charge in [-0.05, 0) is 30.5 Å². The highest BCUT2D eigenvalue weighted by atomic mass is 16.5. The minimum atomic E-state index is -1.12. The molecule has 1 atom stereocenters. The molecule has 0 aliphatic rings. The Labute approximate surface area is 157 Å². The van der Waals surface area contributed by atoms with E-state index in [1.165, 1.54) is 0 Å². The molecule has 3 N–H and O–H groups in total. The third kappa shape index (κ3) is 7.19. The lowest BCUT2D eigenvalue weighted by molar-refractivity contribution is -0.139. The van der Waals surface area contributed by atoms with Gasteiger partial charge in [-0.15, -0.1) is 0 Å². The minimum Gasteiger partial charge on any atom is -0.480 e. The first-order chi connectivity index (χ1) is 13.1. The molecule has 7 nitrogen and oxygen atoms in total. The summed E-state index contributed by atoms with van der Waals surface area (Å²) in [5.74, 6) is -1.57. The van der Waals surface area contributed by atoms with Crippen LogP contribution in [0.4, 0.5) is 4.79 Å². The van der Waals surface area contributed by atoms with Gasteiger partial charge in [0.15, 0.2) is 0 Å². The molecule has 0 spiro atoms. The van der Waals surface area contributed by atoms with Crippen LogP contribution in [0.2, 0.25) is 0 Å². The van der Waals surface area contributed by atoms with Gasteiger partial charge in [0.1, 0.15) is 12.6 Å². The lowest BCUT2D eigenvalue weighted by Crippen LogP contribution is -2.41. The van der Waals surface area contributed by atoms with Crippen molar-refractivity contribution in [2.24, 2.45) is 0 Å². The lowest BCUT2D eigenvalue weighted by atomic mass is 10.1. The van der Waals surface area contributed by atoms with Crippen molar-refractivity contribution < 1.29 is 24.2 Å². The fraction of sp³-hybridized carbons (Fsp3) is 0.250. The van der Waals surface area contributed by atoms with Crippen molar-refractivity contribution in [2.75, 3.05) is 6.54 Å². The van der Waals surface area contributed by atoms with Crippen LogP contribution in [0.25, 0.3) is 0 Å². The van der Waals surface area contributed by atoms with Crippen molar-refractivity contribution in [2.45, 2.75) is 25.5 Å². The predicted octanol–water partition coefficient (Wildman–Crippen LogP) is 2.58. The number of ether oxygens (including phenoxy) is 1. The molecule has 142 valence electrons. The second kappa shape index (κ2) is 10.6. The van der Waals surface area contributed by atoms with Crippen molar-refractivity contribution in [3.05, 3.63) is 71.8 Å². The van der Waals surface area contributed by atoms with Crippen molar-refractivity contribution in [3.8, 4) is 0 Å². The average Bonchev–Trinajstić information content (AvgIpc) is 2.69. The smallest absolute Gasteiger partial charge is 0.407 e. The van der Waals surface area contributed by atoms with E-state index in [1.807, 2.05) is 30.3 Å². The fourth-order valence-electron chi connectivity index (χ4n) is 2.36. The zero-order chi connectivity index (χ0) is 19.5. The summed E-state index contributed by atoms with van der Waals surface area (Å²) >= 11 is 0. The Morgan fingerprint density at radius 1 is 0.963 bits per heavy atom. The largest absolute Gasteiger partial charge is 0.480 e. The van der Waals surface area contributed by atoms with Crippen molar-refractivity contribution in [1.29, 1.82) is 0 Å². The van der Waals surface area contributed by atoms with Crippen molar-refractivity contribution in [1.82, 2.24) is 10.6 Å². The van der Waals surface area contributed by atoms with Crippen LogP contribution < -0.4 is 10.6 Å². The second-order valence-corrected chi connectivity index (χ2v) is 5.86. The van der Waals surface area contributed by atoms with Crippen molar-refractivity contribution in [3.63, 3.8) is 0 Å². The molecular formula is C20H22N2O5. The normalized spacial score (nSPS) is 11.3. The highest BCUT2D eigenvalue weighted by Crippen LogP contribution is 2.03. The molecule has 0 unspecified atom stereocenters. The van der Waals surface area contributed by atoms with Gasteiger partial charge in [0.25, 0.3) is 5.91 Å². The molecule has 0 aromatic heterocycles. The number of carboxylic acids is 1. The molecule has 0 heterocycles. The number of rotatable bonds is 9. The third-order valence-electron chi connectivity index (χ3n) is 3.79. The minimum absolute atomic E-state index is 0.164. The highest BCUT2D eigenvalue weighted by molar-refractivity contribution is 5.96. The second-order valence-electron chi connectivity index (χ2n) is 5.86. The molecule has 0 radical (unpaired) electrons. The number of alkyl carbamates (subject to hydrolysis) is 1. The number of benzene rings is 2. The number of aliphatic carboxylic acids is 1. The van der Waals surface area contributed by atoms with Crippen LogP contribution in [0, 0.1) is 0 Å². The van der Waals surface area contributed by atoms with Crippen LogP contribution in [-0.2, 0) is 16.1 Å². The fourth-order valence-corrected chi connectivity index (χ4v) is 2.36. The number of nitrogens with one attached hydrogen (secondary N) is 2. The molecule has 0 saturated carbocycles. The van der Waals surface area contributed by atoms with E-state index in [9.17, 15) is 19.5 Å². The first-order valence-electron chi connectivity index (χ1n) is 8.59. The predicted molar refractivity (Wildman–Crippen MR) is 99.2 cm³/mol. The molecule has 2 amide bonds. The number of carboxylic acid groups (broad SMARTS) is 1. The summed E-state index contributed by atoms with van der Waals surface area (Å²) < 4.78 is 5.07. The summed E-state index contributed by atoms with van der Waals surface area (Å²) in [5, 5.41) is 14.3. The summed E-state index contributed by atoms with van der Waals surface area (Å²) in [6, 6.07) is 16.6. The maximum Gasteiger partial charge on any atom is 0.407 e. The van der Waals surface area contributed by atoms with Crippen LogP contribution in [0.15, 0.2) is 60.7 Å². The van der Waals surface area contributed by atoms with Gasteiger partial charge in [0, 0.05) is 12.1 Å². The molecule has 0 aliphatic heterocycles. The van der Waals surface area contributed by atoms with Crippen LogP contribution in [0.3, 0.4) is 0 Å². The van der Waals surface area contributed by atoms with Gasteiger partial charge in [-0.1, -0.05) is 48.5 Å². The Morgan fingerprint density at radius 3 is 2.22 bits per heavy atom. The molecular weight excluding hydrogens is 348 g/mol.